The summed E-state index contributed by atoms with van der Waals surface area (Å²) in [5.74, 6) is -1.25. The van der Waals surface area contributed by atoms with Crippen LogP contribution in [0, 0.1) is 16.7 Å². The molecule has 2 heterocycles. The Labute approximate surface area is 187 Å². The number of nitrogens with zero attached hydrogens (tertiary/aromatic N) is 2. The topological polar surface area (TPSA) is 142 Å². The van der Waals surface area contributed by atoms with E-state index < -0.39 is 32.9 Å². The van der Waals surface area contributed by atoms with E-state index >= 15 is 0 Å². The SMILES string of the molecule is CC1(C)C2CCC1(CS(=O)(=O)N1CCC3(CC1)CC(C(=O)NCCC(=O)O)=NO3)C(=O)C2. The Bertz CT molecular complexity index is 966. The number of carbonyl (C=O) groups excluding carboxylic acids is 2. The summed E-state index contributed by atoms with van der Waals surface area (Å²) in [6, 6.07) is 0. The standard InChI is InChI=1S/C21H31N3O7S/c1-19(2)14-3-5-21(19,16(25)11-14)13-32(29,30)24-9-6-20(7-10-24)12-15(23-31-20)18(28)22-8-4-17(26)27/h14H,3-13H2,1-2H3,(H,22,28)(H,26,27). The Morgan fingerprint density at radius 3 is 2.50 bits per heavy atom. The molecule has 2 unspecified atom stereocenters. The lowest BCUT2D eigenvalue weighted by Gasteiger charge is -2.40. The number of carbonyl (C=O) groups is 3. The Morgan fingerprint density at radius 1 is 1.25 bits per heavy atom. The van der Waals surface area contributed by atoms with Crippen LogP contribution in [0.2, 0.25) is 0 Å². The van der Waals surface area contributed by atoms with Crippen molar-refractivity contribution < 1.29 is 32.7 Å². The highest BCUT2D eigenvalue weighted by Crippen LogP contribution is 2.64. The van der Waals surface area contributed by atoms with Crippen molar-refractivity contribution in [3.63, 3.8) is 0 Å². The summed E-state index contributed by atoms with van der Waals surface area (Å²) in [5, 5.41) is 15.1. The largest absolute Gasteiger partial charge is 0.481 e. The summed E-state index contributed by atoms with van der Waals surface area (Å²) in [5.41, 5.74) is -1.62. The van der Waals surface area contributed by atoms with Crippen molar-refractivity contribution in [3.05, 3.63) is 0 Å². The number of Topliss-reactive ketones (excluding diaryl/α,β-unsaturated/α-hetero) is 1. The summed E-state index contributed by atoms with van der Waals surface area (Å²) in [6.07, 6.45) is 2.89. The van der Waals surface area contributed by atoms with Crippen LogP contribution < -0.4 is 5.32 Å². The van der Waals surface area contributed by atoms with Crippen LogP contribution in [0.25, 0.3) is 0 Å². The van der Waals surface area contributed by atoms with Gasteiger partial charge < -0.3 is 15.3 Å². The van der Waals surface area contributed by atoms with E-state index in [0.717, 1.165) is 6.42 Å². The van der Waals surface area contributed by atoms with E-state index in [1.165, 1.54) is 4.31 Å². The molecule has 11 heteroatoms. The third-order valence-electron chi connectivity index (χ3n) is 8.32. The number of sulfonamides is 1. The zero-order chi connectivity index (χ0) is 23.4. The molecular weight excluding hydrogens is 438 g/mol. The summed E-state index contributed by atoms with van der Waals surface area (Å²) in [7, 11) is -3.63. The van der Waals surface area contributed by atoms with Crippen molar-refractivity contribution in [3.8, 4) is 0 Å². The predicted octanol–water partition coefficient (Wildman–Crippen LogP) is 0.913. The number of oxime groups is 1. The molecule has 10 nitrogen and oxygen atoms in total. The summed E-state index contributed by atoms with van der Waals surface area (Å²) < 4.78 is 28.1. The Balaban J connectivity index is 1.35. The van der Waals surface area contributed by atoms with Crippen molar-refractivity contribution in [1.29, 1.82) is 0 Å². The number of aliphatic carboxylic acids is 1. The van der Waals surface area contributed by atoms with Gasteiger partial charge in [0.05, 0.1) is 12.2 Å². The zero-order valence-electron chi connectivity index (χ0n) is 18.6. The Morgan fingerprint density at radius 2 is 1.94 bits per heavy atom. The van der Waals surface area contributed by atoms with Crippen molar-refractivity contribution in [1.82, 2.24) is 9.62 Å². The van der Waals surface area contributed by atoms with E-state index in [2.05, 4.69) is 10.5 Å². The highest BCUT2D eigenvalue weighted by molar-refractivity contribution is 7.89. The average Bonchev–Trinajstić information content (AvgIpc) is 3.28. The number of hydrogen-bond acceptors (Lipinski definition) is 7. The van der Waals surface area contributed by atoms with Gasteiger partial charge in [0.15, 0.2) is 0 Å². The number of hydrogen-bond donors (Lipinski definition) is 2. The van der Waals surface area contributed by atoms with Gasteiger partial charge >= 0.3 is 5.97 Å². The zero-order valence-corrected chi connectivity index (χ0v) is 19.4. The second-order valence-corrected chi connectivity index (χ2v) is 12.2. The van der Waals surface area contributed by atoms with E-state index in [1.807, 2.05) is 13.8 Å². The molecule has 1 saturated heterocycles. The van der Waals surface area contributed by atoms with Gasteiger partial charge in [-0.3, -0.25) is 14.4 Å². The minimum absolute atomic E-state index is 0.00385. The minimum Gasteiger partial charge on any atom is -0.481 e. The van der Waals surface area contributed by atoms with Gasteiger partial charge in [-0.05, 0) is 24.2 Å². The van der Waals surface area contributed by atoms with Crippen molar-refractivity contribution in [2.24, 2.45) is 21.9 Å². The molecule has 4 rings (SSSR count). The van der Waals surface area contributed by atoms with E-state index in [0.29, 0.717) is 25.7 Å². The van der Waals surface area contributed by atoms with Crippen molar-refractivity contribution >= 4 is 33.4 Å². The molecule has 2 aliphatic heterocycles. The molecule has 2 N–H and O–H groups in total. The third kappa shape index (κ3) is 3.72. The molecular formula is C21H31N3O7S. The number of amides is 1. The molecule has 2 bridgehead atoms. The fraction of sp³-hybridized carbons (Fsp3) is 0.810. The lowest BCUT2D eigenvalue weighted by atomic mass is 9.70. The second-order valence-electron chi connectivity index (χ2n) is 10.2. The molecule has 2 saturated carbocycles. The van der Waals surface area contributed by atoms with Crippen LogP contribution in [0.4, 0.5) is 0 Å². The molecule has 178 valence electrons. The first-order chi connectivity index (χ1) is 14.9. The number of carboxylic acid groups (broad SMARTS) is 1. The second kappa shape index (κ2) is 7.79. The van der Waals surface area contributed by atoms with Crippen LogP contribution in [-0.2, 0) is 29.2 Å². The van der Waals surface area contributed by atoms with Crippen LogP contribution in [0.15, 0.2) is 5.16 Å². The molecule has 32 heavy (non-hydrogen) atoms. The Hall–Kier alpha value is -2.01. The predicted molar refractivity (Wildman–Crippen MR) is 114 cm³/mol. The molecule has 1 spiro atoms. The van der Waals surface area contributed by atoms with Gasteiger partial charge in [-0.25, -0.2) is 12.7 Å². The minimum atomic E-state index is -3.63. The smallest absolute Gasteiger partial charge is 0.305 e. The lowest BCUT2D eigenvalue weighted by molar-refractivity contribution is -0.137. The highest BCUT2D eigenvalue weighted by Gasteiger charge is 2.65. The fourth-order valence-corrected chi connectivity index (χ4v) is 8.20. The molecule has 0 radical (unpaired) electrons. The van der Waals surface area contributed by atoms with Gasteiger partial charge in [-0.15, -0.1) is 0 Å². The van der Waals surface area contributed by atoms with Crippen LogP contribution in [0.1, 0.15) is 58.8 Å². The monoisotopic (exact) mass is 469 g/mol. The maximum Gasteiger partial charge on any atom is 0.305 e. The maximum absolute atomic E-state index is 13.3. The van der Waals surface area contributed by atoms with Gasteiger partial charge in [-0.1, -0.05) is 19.0 Å². The van der Waals surface area contributed by atoms with Crippen LogP contribution in [-0.4, -0.2) is 72.2 Å². The molecule has 3 fully saturated rings. The third-order valence-corrected chi connectivity index (χ3v) is 10.3. The molecule has 2 aliphatic carbocycles. The molecule has 0 aromatic rings. The van der Waals surface area contributed by atoms with E-state index in [-0.39, 0.29) is 61.1 Å². The number of rotatable bonds is 7. The van der Waals surface area contributed by atoms with E-state index in [9.17, 15) is 22.8 Å². The molecule has 4 aliphatic rings. The number of nitrogens with one attached hydrogen (secondary N) is 1. The number of ketones is 1. The summed E-state index contributed by atoms with van der Waals surface area (Å²) in [6.45, 7) is 4.57. The first-order valence-electron chi connectivity index (χ1n) is 11.2. The number of fused-ring (bicyclic) bond motifs is 2. The quantitative estimate of drug-likeness (QED) is 0.564. The summed E-state index contributed by atoms with van der Waals surface area (Å²) in [4.78, 5) is 41.1. The van der Waals surface area contributed by atoms with Crippen molar-refractivity contribution in [2.75, 3.05) is 25.4 Å². The van der Waals surface area contributed by atoms with Crippen molar-refractivity contribution in [2.45, 2.75) is 64.4 Å². The lowest BCUT2D eigenvalue weighted by Crippen LogP contribution is -2.51. The first-order valence-corrected chi connectivity index (χ1v) is 12.8. The van der Waals surface area contributed by atoms with Gasteiger partial charge in [0.2, 0.25) is 10.0 Å². The van der Waals surface area contributed by atoms with Crippen LogP contribution in [0.5, 0.6) is 0 Å². The average molecular weight is 470 g/mol. The maximum atomic E-state index is 13.3. The first kappa shape index (κ1) is 23.2. The highest BCUT2D eigenvalue weighted by atomic mass is 32.2. The molecule has 2 atom stereocenters. The van der Waals surface area contributed by atoms with Gasteiger partial charge in [-0.2, -0.15) is 0 Å². The molecule has 1 amide bonds. The molecule has 0 aromatic heterocycles. The number of carboxylic acids is 1. The normalized spacial score (nSPS) is 30.9. The van der Waals surface area contributed by atoms with Gasteiger partial charge in [0, 0.05) is 50.7 Å². The fourth-order valence-electron chi connectivity index (χ4n) is 5.98. The Kier molecular flexibility index (Phi) is 5.64. The van der Waals surface area contributed by atoms with Crippen LogP contribution in [0.3, 0.4) is 0 Å². The van der Waals surface area contributed by atoms with Crippen LogP contribution >= 0.6 is 0 Å². The van der Waals surface area contributed by atoms with E-state index in [1.54, 1.807) is 0 Å². The number of piperidine rings is 1. The van der Waals surface area contributed by atoms with Gasteiger partial charge in [0.25, 0.3) is 5.91 Å². The summed E-state index contributed by atoms with van der Waals surface area (Å²) >= 11 is 0. The van der Waals surface area contributed by atoms with Gasteiger partial charge in [0.1, 0.15) is 17.1 Å². The van der Waals surface area contributed by atoms with E-state index in [4.69, 9.17) is 9.94 Å². The molecule has 0 aromatic carbocycles.